The van der Waals surface area contributed by atoms with Crippen molar-refractivity contribution in [3.05, 3.63) is 54.5 Å². The van der Waals surface area contributed by atoms with Crippen molar-refractivity contribution in [1.29, 1.82) is 0 Å². The maximum atomic E-state index is 13.2. The van der Waals surface area contributed by atoms with E-state index in [1.165, 1.54) is 18.4 Å². The number of pyridine rings is 1. The highest BCUT2D eigenvalue weighted by molar-refractivity contribution is 7.95. The van der Waals surface area contributed by atoms with E-state index in [1.807, 2.05) is 29.1 Å². The van der Waals surface area contributed by atoms with Crippen molar-refractivity contribution in [3.8, 4) is 5.88 Å². The second kappa shape index (κ2) is 7.96. The first-order chi connectivity index (χ1) is 13.1. The number of rotatable bonds is 5. The Morgan fingerprint density at radius 2 is 2.11 bits per heavy atom. The molecule has 0 amide bonds. The number of hydrogen-bond acceptors (Lipinski definition) is 4. The first-order valence-electron chi connectivity index (χ1n) is 9.53. The standard InChI is InChI=1S/C20H25N3O3S/c24-27(25)19-9-6-11-21-20(19)26-18(15-22-12-4-5-13-22)16-23(27)14-10-17-7-2-1-3-8-17/h4-7,9,11-13,18H,1-3,8,10,14-16H2. The third-order valence-corrected chi connectivity index (χ3v) is 7.07. The molecule has 0 aromatic carbocycles. The smallest absolute Gasteiger partial charge is 0.272 e. The lowest BCUT2D eigenvalue weighted by Gasteiger charge is -2.27. The van der Waals surface area contributed by atoms with Gasteiger partial charge in [0.1, 0.15) is 6.10 Å². The van der Waals surface area contributed by atoms with Gasteiger partial charge >= 0.3 is 0 Å². The van der Waals surface area contributed by atoms with Gasteiger partial charge in [0.2, 0.25) is 4.90 Å². The van der Waals surface area contributed by atoms with Crippen molar-refractivity contribution in [2.24, 2.45) is 0 Å². The predicted molar refractivity (Wildman–Crippen MR) is 103 cm³/mol. The van der Waals surface area contributed by atoms with Crippen LogP contribution in [0.25, 0.3) is 0 Å². The van der Waals surface area contributed by atoms with Crippen molar-refractivity contribution >= 4 is 10.4 Å². The number of fused-ring (bicyclic) bond motifs is 1. The van der Waals surface area contributed by atoms with Crippen LogP contribution in [0.1, 0.15) is 32.1 Å². The van der Waals surface area contributed by atoms with Crippen LogP contribution in [-0.4, -0.2) is 37.6 Å². The molecule has 0 radical (unpaired) electrons. The number of nitrogens with zero attached hydrogens (tertiary/aromatic N) is 3. The van der Waals surface area contributed by atoms with Gasteiger partial charge in [0.25, 0.3) is 5.88 Å². The van der Waals surface area contributed by atoms with Gasteiger partial charge in [-0.2, -0.15) is 0 Å². The fourth-order valence-corrected chi connectivity index (χ4v) is 5.30. The zero-order valence-corrected chi connectivity index (χ0v) is 16.1. The van der Waals surface area contributed by atoms with Crippen LogP contribution in [0, 0.1) is 0 Å². The number of hydrogen-bond donors (Lipinski definition) is 0. The van der Waals surface area contributed by atoms with Crippen LogP contribution in [0.2, 0.25) is 0 Å². The van der Waals surface area contributed by atoms with E-state index in [0.717, 1.165) is 19.3 Å². The van der Waals surface area contributed by atoms with Gasteiger partial charge in [-0.3, -0.25) is 0 Å². The molecular weight excluding hydrogens is 362 g/mol. The summed E-state index contributed by atoms with van der Waals surface area (Å²) in [5, 5.41) is 0. The van der Waals surface area contributed by atoms with E-state index in [1.54, 1.807) is 22.6 Å². The molecule has 7 heteroatoms. The average molecular weight is 388 g/mol. The summed E-state index contributed by atoms with van der Waals surface area (Å²) >= 11 is 0. The third kappa shape index (κ3) is 4.15. The molecule has 2 atom stereocenters. The summed E-state index contributed by atoms with van der Waals surface area (Å²) in [5.41, 5.74) is 1.37. The molecule has 144 valence electrons. The number of ether oxygens (including phenoxy) is 1. The van der Waals surface area contributed by atoms with Crippen molar-refractivity contribution < 1.29 is 13.5 Å². The zero-order chi connectivity index (χ0) is 18.7. The lowest BCUT2D eigenvalue weighted by Crippen LogP contribution is -2.42. The van der Waals surface area contributed by atoms with Gasteiger partial charge in [0.05, 0.1) is 13.1 Å². The molecular formula is C20H25N3O3S. The summed E-state index contributed by atoms with van der Waals surface area (Å²) in [7, 11) is -3.62. The third-order valence-electron chi connectivity index (χ3n) is 5.19. The summed E-state index contributed by atoms with van der Waals surface area (Å²) in [6, 6.07) is 7.14. The Labute approximate surface area is 161 Å². The molecule has 27 heavy (non-hydrogen) atoms. The second-order valence-corrected chi connectivity index (χ2v) is 9.05. The topological polar surface area (TPSA) is 70.4 Å². The Hall–Kier alpha value is -1.96. The fraction of sp³-hybridized carbons (Fsp3) is 0.450. The van der Waals surface area contributed by atoms with Gasteiger partial charge in [-0.25, -0.2) is 4.98 Å². The Morgan fingerprint density at radius 1 is 1.26 bits per heavy atom. The predicted octanol–water partition coefficient (Wildman–Crippen LogP) is 3.44. The van der Waals surface area contributed by atoms with Crippen LogP contribution in [0.5, 0.6) is 5.88 Å². The molecule has 0 saturated heterocycles. The van der Waals surface area contributed by atoms with E-state index >= 15 is 0 Å². The number of sulfonamides is 1. The molecule has 0 N–H and O–H groups in total. The summed E-state index contributed by atoms with van der Waals surface area (Å²) in [4.78, 5) is 4.35. The molecule has 2 aliphatic rings. The van der Waals surface area contributed by atoms with Crippen LogP contribution in [0.3, 0.4) is 0 Å². The summed E-state index contributed by atoms with van der Waals surface area (Å²) in [6.45, 7) is 1.38. The van der Waals surface area contributed by atoms with E-state index in [0.29, 0.717) is 19.6 Å². The molecule has 4 rings (SSSR count). The lowest BCUT2D eigenvalue weighted by molar-refractivity contribution is 0.148. The molecule has 1 aliphatic heterocycles. The van der Waals surface area contributed by atoms with Crippen molar-refractivity contribution in [2.45, 2.75) is 49.6 Å². The highest BCUT2D eigenvalue weighted by Crippen LogP contribution is 2.33. The normalized spacial score (nSPS) is 26.0. The Balaban J connectivity index is 1.58. The molecule has 1 aliphatic carbocycles. The molecule has 0 bridgehead atoms. The number of aromatic nitrogens is 2. The second-order valence-electron chi connectivity index (χ2n) is 7.15. The van der Waals surface area contributed by atoms with Crippen LogP contribution in [0.15, 0.2) is 59.4 Å². The molecule has 2 aromatic heterocycles. The van der Waals surface area contributed by atoms with E-state index in [2.05, 4.69) is 11.1 Å². The highest BCUT2D eigenvalue weighted by atomic mass is 32.3. The summed E-state index contributed by atoms with van der Waals surface area (Å²) in [5.74, 6) is 0.203. The minimum absolute atomic E-state index is 0.164. The molecule has 6 nitrogen and oxygen atoms in total. The van der Waals surface area contributed by atoms with E-state index < -0.39 is 10.4 Å². The molecule has 3 heterocycles. The molecule has 0 saturated carbocycles. The average Bonchev–Trinajstić information content (AvgIpc) is 3.15. The molecule has 0 spiro atoms. The lowest BCUT2D eigenvalue weighted by atomic mass is 9.97. The van der Waals surface area contributed by atoms with Crippen molar-refractivity contribution in [2.75, 3.05) is 13.1 Å². The van der Waals surface area contributed by atoms with Gasteiger partial charge in [-0.05, 0) is 50.3 Å². The quantitative estimate of drug-likeness (QED) is 0.582. The maximum absolute atomic E-state index is 13.2. The maximum Gasteiger partial charge on any atom is 0.272 e. The zero-order valence-electron chi connectivity index (χ0n) is 15.3. The minimum atomic E-state index is -3.62. The van der Waals surface area contributed by atoms with E-state index in [-0.39, 0.29) is 16.9 Å². The van der Waals surface area contributed by atoms with Crippen molar-refractivity contribution in [1.82, 2.24) is 13.9 Å². The van der Waals surface area contributed by atoms with Crippen LogP contribution >= 0.6 is 0 Å². The van der Waals surface area contributed by atoms with Gasteiger partial charge in [-0.1, -0.05) is 15.9 Å². The molecule has 0 fully saturated rings. The summed E-state index contributed by atoms with van der Waals surface area (Å²) < 4.78 is 36.1. The highest BCUT2D eigenvalue weighted by Gasteiger charge is 2.40. The first-order valence-corrected chi connectivity index (χ1v) is 11.0. The summed E-state index contributed by atoms with van der Waals surface area (Å²) in [6.07, 6.45) is 12.9. The Kier molecular flexibility index (Phi) is 5.43. The molecule has 2 aromatic rings. The van der Waals surface area contributed by atoms with E-state index in [4.69, 9.17) is 4.74 Å². The van der Waals surface area contributed by atoms with Gasteiger partial charge in [-0.15, -0.1) is 4.31 Å². The molecule has 2 unspecified atom stereocenters. The van der Waals surface area contributed by atoms with Crippen LogP contribution in [0.4, 0.5) is 0 Å². The van der Waals surface area contributed by atoms with Crippen LogP contribution < -0.4 is 4.74 Å². The van der Waals surface area contributed by atoms with Crippen LogP contribution in [-0.2, 0) is 21.2 Å². The fourth-order valence-electron chi connectivity index (χ4n) is 3.75. The van der Waals surface area contributed by atoms with Gasteiger partial charge in [0.15, 0.2) is 10.4 Å². The van der Waals surface area contributed by atoms with Gasteiger partial charge in [0, 0.05) is 31.2 Å². The van der Waals surface area contributed by atoms with E-state index in [9.17, 15) is 8.76 Å². The van der Waals surface area contributed by atoms with Gasteiger partial charge < -0.3 is 13.9 Å². The first kappa shape index (κ1) is 18.4. The SMILES string of the molecule is O=[S+]1([O-])c2cccnc2OC(Cn2cccc2)CN1CCC1=CCCCC1. The Morgan fingerprint density at radius 3 is 2.89 bits per heavy atom. The van der Waals surface area contributed by atoms with Crippen molar-refractivity contribution in [3.63, 3.8) is 0 Å². The largest absolute Gasteiger partial charge is 0.593 e. The monoisotopic (exact) mass is 387 g/mol. The number of allylic oxidation sites excluding steroid dienone is 1. The Bertz CT molecular complexity index is 850. The minimum Gasteiger partial charge on any atom is -0.593 e.